The molecule has 218 valence electrons. The van der Waals surface area contributed by atoms with Crippen molar-refractivity contribution in [2.24, 2.45) is 0 Å². The maximum absolute atomic E-state index is 14.6. The Morgan fingerprint density at radius 1 is 1.07 bits per heavy atom. The lowest BCUT2D eigenvalue weighted by Gasteiger charge is -2.33. The van der Waals surface area contributed by atoms with E-state index in [2.05, 4.69) is 20.9 Å². The summed E-state index contributed by atoms with van der Waals surface area (Å²) in [4.78, 5) is 19.0. The molecule has 0 saturated carbocycles. The van der Waals surface area contributed by atoms with Crippen molar-refractivity contribution in [1.82, 2.24) is 14.5 Å². The zero-order chi connectivity index (χ0) is 28.8. The van der Waals surface area contributed by atoms with E-state index in [9.17, 15) is 9.18 Å². The van der Waals surface area contributed by atoms with Gasteiger partial charge in [-0.2, -0.15) is 0 Å². The number of amides is 1. The van der Waals surface area contributed by atoms with Crippen LogP contribution in [0.3, 0.4) is 0 Å². The van der Waals surface area contributed by atoms with Gasteiger partial charge < -0.3 is 24.1 Å². The highest BCUT2D eigenvalue weighted by Crippen LogP contribution is 2.47. The summed E-state index contributed by atoms with van der Waals surface area (Å²) in [6.45, 7) is 5.63. The number of imidazole rings is 1. The van der Waals surface area contributed by atoms with E-state index in [1.165, 1.54) is 13.0 Å². The molecular formula is C32H32ClFN4O4. The number of benzene rings is 3. The van der Waals surface area contributed by atoms with Crippen LogP contribution in [0.5, 0.6) is 11.5 Å². The number of carbonyl (C=O) groups excluding carboxylic acids is 1. The van der Waals surface area contributed by atoms with Gasteiger partial charge in [0.25, 0.3) is 6.29 Å². The third-order valence-electron chi connectivity index (χ3n) is 8.40. The van der Waals surface area contributed by atoms with Gasteiger partial charge in [0.05, 0.1) is 35.8 Å². The lowest BCUT2D eigenvalue weighted by molar-refractivity contribution is -0.114. The first-order valence-corrected chi connectivity index (χ1v) is 14.8. The number of fused-ring (bicyclic) bond motifs is 2. The van der Waals surface area contributed by atoms with Crippen molar-refractivity contribution in [3.63, 3.8) is 0 Å². The average molecular weight is 591 g/mol. The van der Waals surface area contributed by atoms with Crippen LogP contribution in [0.25, 0.3) is 11.0 Å². The Labute approximate surface area is 248 Å². The topological polar surface area (TPSA) is 77.9 Å². The van der Waals surface area contributed by atoms with E-state index in [0.717, 1.165) is 80.2 Å². The predicted octanol–water partition coefficient (Wildman–Crippen LogP) is 6.43. The molecule has 0 radical (unpaired) electrons. The molecule has 2 saturated heterocycles. The molecule has 3 aliphatic rings. The smallest absolute Gasteiger partial charge is 0.270 e. The molecule has 10 heteroatoms. The van der Waals surface area contributed by atoms with E-state index < -0.39 is 12.1 Å². The van der Waals surface area contributed by atoms with E-state index in [4.69, 9.17) is 30.8 Å². The fourth-order valence-electron chi connectivity index (χ4n) is 6.16. The van der Waals surface area contributed by atoms with Crippen LogP contribution in [0.1, 0.15) is 55.3 Å². The van der Waals surface area contributed by atoms with Gasteiger partial charge in [-0.3, -0.25) is 9.69 Å². The molecular weight excluding hydrogens is 559 g/mol. The molecule has 7 rings (SSSR count). The number of halogens is 2. The van der Waals surface area contributed by atoms with Gasteiger partial charge in [-0.1, -0.05) is 23.7 Å². The van der Waals surface area contributed by atoms with Crippen LogP contribution < -0.4 is 14.8 Å². The van der Waals surface area contributed by atoms with Crippen LogP contribution in [0, 0.1) is 5.82 Å². The quantitative estimate of drug-likeness (QED) is 0.267. The first-order valence-electron chi connectivity index (χ1n) is 14.4. The summed E-state index contributed by atoms with van der Waals surface area (Å²) in [7, 11) is 0. The van der Waals surface area contributed by atoms with Crippen molar-refractivity contribution in [3.8, 4) is 11.5 Å². The minimum atomic E-state index is -0.836. The molecule has 4 aromatic rings. The van der Waals surface area contributed by atoms with Gasteiger partial charge in [0.15, 0.2) is 11.5 Å². The van der Waals surface area contributed by atoms with E-state index in [1.54, 1.807) is 12.1 Å². The third-order valence-corrected chi connectivity index (χ3v) is 8.64. The number of para-hydroxylation sites is 1. The molecule has 2 unspecified atom stereocenters. The normalized spacial score (nSPS) is 20.5. The van der Waals surface area contributed by atoms with Gasteiger partial charge in [0.2, 0.25) is 5.91 Å². The maximum Gasteiger partial charge on any atom is 0.270 e. The largest absolute Gasteiger partial charge is 0.447 e. The number of likely N-dealkylation sites (tertiary alicyclic amines) is 1. The Kier molecular flexibility index (Phi) is 7.25. The summed E-state index contributed by atoms with van der Waals surface area (Å²) in [6, 6.07) is 16.4. The fraction of sp³-hybridized carbons (Fsp3) is 0.375. The minimum absolute atomic E-state index is 0.103. The van der Waals surface area contributed by atoms with Crippen molar-refractivity contribution in [2.45, 2.75) is 57.6 Å². The third kappa shape index (κ3) is 5.32. The van der Waals surface area contributed by atoms with Crippen molar-refractivity contribution in [1.29, 1.82) is 0 Å². The van der Waals surface area contributed by atoms with Crippen LogP contribution in [-0.4, -0.2) is 46.2 Å². The Morgan fingerprint density at radius 3 is 2.64 bits per heavy atom. The number of piperidine rings is 1. The molecule has 2 fully saturated rings. The zero-order valence-corrected chi connectivity index (χ0v) is 24.1. The highest BCUT2D eigenvalue weighted by Gasteiger charge is 2.33. The molecule has 1 amide bonds. The second-order valence-corrected chi connectivity index (χ2v) is 11.7. The molecule has 0 bridgehead atoms. The second kappa shape index (κ2) is 11.2. The molecule has 3 aliphatic heterocycles. The van der Waals surface area contributed by atoms with Gasteiger partial charge in [-0.05, 0) is 80.7 Å². The highest BCUT2D eigenvalue weighted by atomic mass is 35.5. The number of aromatic nitrogens is 2. The number of rotatable bonds is 7. The summed E-state index contributed by atoms with van der Waals surface area (Å²) in [5.41, 5.74) is 4.09. The van der Waals surface area contributed by atoms with Crippen LogP contribution in [-0.2, 0) is 22.6 Å². The molecule has 8 nitrogen and oxygen atoms in total. The first kappa shape index (κ1) is 27.2. The van der Waals surface area contributed by atoms with Crippen LogP contribution in [0.4, 0.5) is 10.1 Å². The summed E-state index contributed by atoms with van der Waals surface area (Å²) in [5, 5.41) is 3.19. The standard InChI is InChI=1S/C32H32ClFN4O4/c1-19(39)35-22-6-8-28-27(16-22)36-30(38(28)17-23-11-14-40-23)18-37-12-9-20(10-13-37)24-3-2-4-29-31(24)42-32(41-29)25-7-5-21(33)15-26(25)34/h2-8,15-16,20,23,32H,9-14,17-18H2,1H3,(H,35,39). The molecule has 2 atom stereocenters. The number of anilines is 1. The summed E-state index contributed by atoms with van der Waals surface area (Å²) in [5.74, 6) is 2.09. The summed E-state index contributed by atoms with van der Waals surface area (Å²) in [6.07, 6.45) is 2.33. The lowest BCUT2D eigenvalue weighted by atomic mass is 9.88. The Balaban J connectivity index is 1.06. The van der Waals surface area contributed by atoms with Crippen LogP contribution >= 0.6 is 11.6 Å². The number of carbonyl (C=O) groups is 1. The number of ether oxygens (including phenoxy) is 3. The average Bonchev–Trinajstić information content (AvgIpc) is 3.51. The van der Waals surface area contributed by atoms with E-state index in [-0.39, 0.29) is 12.0 Å². The lowest BCUT2D eigenvalue weighted by Crippen LogP contribution is -2.35. The molecule has 1 aromatic heterocycles. The fourth-order valence-corrected chi connectivity index (χ4v) is 6.32. The first-order chi connectivity index (χ1) is 20.4. The van der Waals surface area contributed by atoms with Crippen LogP contribution in [0.2, 0.25) is 5.02 Å². The summed E-state index contributed by atoms with van der Waals surface area (Å²) < 4.78 is 34.8. The van der Waals surface area contributed by atoms with Crippen molar-refractivity contribution in [2.75, 3.05) is 25.0 Å². The van der Waals surface area contributed by atoms with Gasteiger partial charge >= 0.3 is 0 Å². The molecule has 1 N–H and O–H groups in total. The Hall–Kier alpha value is -3.66. The van der Waals surface area contributed by atoms with Crippen molar-refractivity contribution >= 4 is 34.2 Å². The molecule has 0 spiro atoms. The summed E-state index contributed by atoms with van der Waals surface area (Å²) >= 11 is 5.94. The number of nitrogens with zero attached hydrogens (tertiary/aromatic N) is 3. The molecule has 0 aliphatic carbocycles. The van der Waals surface area contributed by atoms with E-state index in [0.29, 0.717) is 28.0 Å². The van der Waals surface area contributed by atoms with Gasteiger partial charge in [-0.15, -0.1) is 0 Å². The maximum atomic E-state index is 14.6. The monoisotopic (exact) mass is 590 g/mol. The van der Waals surface area contributed by atoms with E-state index >= 15 is 0 Å². The zero-order valence-electron chi connectivity index (χ0n) is 23.3. The minimum Gasteiger partial charge on any atom is -0.447 e. The van der Waals surface area contributed by atoms with Crippen molar-refractivity contribution < 1.29 is 23.4 Å². The SMILES string of the molecule is CC(=O)Nc1ccc2c(c1)nc(CN1CCC(c3cccc4c3OC(c3ccc(Cl)cc3F)O4)CC1)n2CC1CCO1. The van der Waals surface area contributed by atoms with Crippen LogP contribution in [0.15, 0.2) is 54.6 Å². The Morgan fingerprint density at radius 2 is 1.90 bits per heavy atom. The molecule has 4 heterocycles. The van der Waals surface area contributed by atoms with Gasteiger partial charge in [0, 0.05) is 29.8 Å². The predicted molar refractivity (Wildman–Crippen MR) is 157 cm³/mol. The highest BCUT2D eigenvalue weighted by molar-refractivity contribution is 6.30. The van der Waals surface area contributed by atoms with Gasteiger partial charge in [0.1, 0.15) is 11.6 Å². The van der Waals surface area contributed by atoms with Gasteiger partial charge in [-0.25, -0.2) is 9.37 Å². The number of hydrogen-bond donors (Lipinski definition) is 1. The van der Waals surface area contributed by atoms with E-state index in [1.807, 2.05) is 30.3 Å². The second-order valence-electron chi connectivity index (χ2n) is 11.3. The number of nitrogens with one attached hydrogen (secondary N) is 1. The number of hydrogen-bond acceptors (Lipinski definition) is 6. The molecule has 42 heavy (non-hydrogen) atoms. The molecule has 3 aromatic carbocycles. The Bertz CT molecular complexity index is 1650. The van der Waals surface area contributed by atoms with Crippen molar-refractivity contribution in [3.05, 3.63) is 82.4 Å².